The molecule has 4 amide bonds. The number of amides is 4. The fourth-order valence-electron chi connectivity index (χ4n) is 18.3. The Kier molecular flexibility index (Phi) is 26.4. The topological polar surface area (TPSA) is 323 Å². The highest BCUT2D eigenvalue weighted by atomic mass is 16.5. The molecule has 27 nitrogen and oxygen atoms in total. The summed E-state index contributed by atoms with van der Waals surface area (Å²) in [5.41, 5.74) is 8.83. The van der Waals surface area contributed by atoms with E-state index in [2.05, 4.69) is 167 Å². The minimum absolute atomic E-state index is 0.00308. The van der Waals surface area contributed by atoms with Crippen molar-refractivity contribution in [2.24, 2.45) is 23.2 Å². The number of aromatic amines is 4. The van der Waals surface area contributed by atoms with Crippen LogP contribution in [0.25, 0.3) is 44.1 Å². The van der Waals surface area contributed by atoms with Crippen molar-refractivity contribution in [3.63, 3.8) is 0 Å². The molecular weight excluding hydrogens is 1430 g/mol. The smallest absolute Gasteiger partial charge is 0.246 e. The first kappa shape index (κ1) is 81.0. The number of ether oxygens (including phenoxy) is 3. The Morgan fingerprint density at radius 2 is 0.832 bits per heavy atom. The van der Waals surface area contributed by atoms with Crippen molar-refractivity contribution in [2.75, 3.05) is 74.9 Å². The summed E-state index contributed by atoms with van der Waals surface area (Å²) in [6.07, 6.45) is 48.0. The number of hydrogen-bond acceptors (Lipinski definition) is 19. The molecule has 10 atom stereocenters. The SMILES string of the molecule is C#CCOCC1CC1c1c[nH]c2ncnc(N[C@@H]3CC[C@H](C)N(C(=O)C=C)C3)c12.C=CC(=O)N1C[C@H](Nc2ncnc3[nH]cc(CC4(C)CCCC4)c23)CC[C@@H]1C.C=CC(=O)N1C[C@H](Nc2ncnc3[nH]cc(CC4CC(OC)C4)c23)CC[C@@H]1C.C=CC(=O)N1C[C@H](Nc2ncnc3[nH]cc(CC4CC(OC)C4)c23)CC[C@@H]1C. The van der Waals surface area contributed by atoms with Gasteiger partial charge in [-0.05, 0) is 219 Å². The van der Waals surface area contributed by atoms with E-state index >= 15 is 0 Å². The summed E-state index contributed by atoms with van der Waals surface area (Å²) in [7, 11) is 3.57. The zero-order valence-electron chi connectivity index (χ0n) is 67.0. The molecule has 12 heterocycles. The number of hydrogen-bond donors (Lipinski definition) is 8. The molecule has 4 aliphatic carbocycles. The summed E-state index contributed by atoms with van der Waals surface area (Å²) < 4.78 is 16.3. The molecule has 8 aromatic rings. The molecule has 0 bridgehead atoms. The zero-order valence-corrected chi connectivity index (χ0v) is 67.0. The van der Waals surface area contributed by atoms with Crippen LogP contribution in [-0.4, -0.2) is 217 Å². The van der Waals surface area contributed by atoms with Crippen LogP contribution in [0.1, 0.15) is 172 Å². The van der Waals surface area contributed by atoms with Gasteiger partial charge in [0.05, 0.1) is 40.4 Å². The zero-order chi connectivity index (χ0) is 79.5. The number of methoxy groups -OCH3 is 2. The highest BCUT2D eigenvalue weighted by molar-refractivity contribution is 5.94. The van der Waals surface area contributed by atoms with E-state index in [9.17, 15) is 19.2 Å². The van der Waals surface area contributed by atoms with Crippen LogP contribution in [0.15, 0.2) is 101 Å². The fourth-order valence-corrected chi connectivity index (χ4v) is 18.3. The molecule has 0 aromatic carbocycles. The molecule has 2 unspecified atom stereocenters. The summed E-state index contributed by atoms with van der Waals surface area (Å²) in [6.45, 7) is 29.0. The van der Waals surface area contributed by atoms with Crippen molar-refractivity contribution in [3.05, 3.63) is 123 Å². The standard InChI is InChI=1S/C22H27N5O2.C22H31N5O.2C21H29N5O2/c1-4-8-29-12-15-9-17(15)18-10-23-21-20(18)22(25-13-24-21)26-16-7-6-14(3)27(11-16)19(28)5-2;1-4-18(28)27-13-17(8-7-15(27)2)26-21-19-16(11-22(3)9-5-6-10-22)12-23-20(19)24-14-25-21;2*1-4-18(27)26-11-16(6-5-13(26)2)25-21-19-15(7-14-8-17(9-14)28-3)10-22-20(19)23-12-24-21/h1,5,10,13-17H,2,6-9,11-12H2,3H3,(H2,23,24,25,26);4,12,14-15,17H,1,5-11,13H2,2-3H3,(H2,23,24,25,26);2*4,10,12-14,16-17H,1,5-9,11H2,2-3H3,(H2,22,23,24,25)/t14-,15?,16+,17?;15-,17+;2*13-,14?,16+,17?/m0000/s1. The van der Waals surface area contributed by atoms with Crippen molar-refractivity contribution < 1.29 is 33.4 Å². The fraction of sp³-hybridized carbons (Fsp3) is 0.558. The summed E-state index contributed by atoms with van der Waals surface area (Å²) in [5.74, 6) is 8.10. The van der Waals surface area contributed by atoms with E-state index in [1.165, 1.54) is 72.2 Å². The summed E-state index contributed by atoms with van der Waals surface area (Å²) >= 11 is 0. The maximum Gasteiger partial charge on any atom is 0.246 e. The van der Waals surface area contributed by atoms with Crippen LogP contribution in [0.3, 0.4) is 0 Å². The number of anilines is 4. The van der Waals surface area contributed by atoms with E-state index in [1.54, 1.807) is 39.5 Å². The molecule has 16 rings (SSSR count). The second-order valence-corrected chi connectivity index (χ2v) is 33.1. The normalized spacial score (nSPS) is 26.4. The molecule has 0 spiro atoms. The Balaban J connectivity index is 0.000000132. The van der Waals surface area contributed by atoms with Gasteiger partial charge in [-0.1, -0.05) is 52.0 Å². The third-order valence-corrected chi connectivity index (χ3v) is 25.2. The van der Waals surface area contributed by atoms with Crippen LogP contribution in [-0.2, 0) is 52.7 Å². The predicted octanol–water partition coefficient (Wildman–Crippen LogP) is 12.6. The molecule has 602 valence electrons. The Bertz CT molecular complexity index is 4550. The van der Waals surface area contributed by atoms with Crippen LogP contribution >= 0.6 is 0 Å². The highest BCUT2D eigenvalue weighted by Gasteiger charge is 2.42. The number of H-pyrrole nitrogens is 4. The van der Waals surface area contributed by atoms with E-state index in [0.29, 0.717) is 80.7 Å². The predicted molar refractivity (Wildman–Crippen MR) is 443 cm³/mol. The molecule has 4 saturated carbocycles. The lowest BCUT2D eigenvalue weighted by Gasteiger charge is -2.38. The second-order valence-electron chi connectivity index (χ2n) is 33.1. The van der Waals surface area contributed by atoms with Gasteiger partial charge in [-0.2, -0.15) is 0 Å². The van der Waals surface area contributed by atoms with Gasteiger partial charge in [-0.15, -0.1) is 6.42 Å². The first-order valence-corrected chi connectivity index (χ1v) is 40.9. The number of likely N-dealkylation sites (tertiary alicyclic amines) is 4. The van der Waals surface area contributed by atoms with Crippen molar-refractivity contribution >= 4 is 91.0 Å². The van der Waals surface area contributed by atoms with E-state index in [4.69, 9.17) is 20.6 Å². The quantitative estimate of drug-likeness (QED) is 0.0158. The molecule has 8 aromatic heterocycles. The third kappa shape index (κ3) is 19.1. The van der Waals surface area contributed by atoms with Gasteiger partial charge in [-0.3, -0.25) is 19.2 Å². The average Bonchev–Trinajstić information content (AvgIpc) is 1.61. The van der Waals surface area contributed by atoms with E-state index in [-0.39, 0.29) is 72.0 Å². The van der Waals surface area contributed by atoms with Crippen molar-refractivity contribution in [3.8, 4) is 12.3 Å². The first-order valence-electron chi connectivity index (χ1n) is 40.9. The third-order valence-electron chi connectivity index (χ3n) is 25.2. The van der Waals surface area contributed by atoms with Crippen LogP contribution in [0.4, 0.5) is 23.3 Å². The lowest BCUT2D eigenvalue weighted by molar-refractivity contribution is -0.130. The summed E-state index contributed by atoms with van der Waals surface area (Å²) in [4.78, 5) is 105. The van der Waals surface area contributed by atoms with E-state index < -0.39 is 0 Å². The maximum atomic E-state index is 12.2. The first-order chi connectivity index (χ1) is 54.8. The van der Waals surface area contributed by atoms with E-state index in [0.717, 1.165) is 170 Å². The van der Waals surface area contributed by atoms with Crippen LogP contribution in [0.2, 0.25) is 0 Å². The summed E-state index contributed by atoms with van der Waals surface area (Å²) in [6, 6.07) is 1.62. The number of nitrogens with one attached hydrogen (secondary N) is 8. The molecule has 8 fully saturated rings. The van der Waals surface area contributed by atoms with Gasteiger partial charge in [0, 0.05) is 114 Å². The monoisotopic (exact) mass is 1540 g/mol. The number of fused-ring (bicyclic) bond motifs is 4. The highest BCUT2D eigenvalue weighted by Crippen LogP contribution is 2.51. The summed E-state index contributed by atoms with van der Waals surface area (Å²) in [5, 5.41) is 18.7. The largest absolute Gasteiger partial charge is 0.381 e. The number of nitrogens with zero attached hydrogens (tertiary/aromatic N) is 12. The Morgan fingerprint density at radius 1 is 0.496 bits per heavy atom. The number of aromatic nitrogens is 12. The molecule has 4 aliphatic heterocycles. The number of carbonyl (C=O) groups is 4. The van der Waals surface area contributed by atoms with Gasteiger partial charge in [-0.25, -0.2) is 39.9 Å². The van der Waals surface area contributed by atoms with Crippen molar-refractivity contribution in [2.45, 2.75) is 229 Å². The van der Waals surface area contributed by atoms with E-state index in [1.807, 2.05) is 25.8 Å². The molecule has 113 heavy (non-hydrogen) atoms. The van der Waals surface area contributed by atoms with Gasteiger partial charge < -0.3 is 75.0 Å². The number of carbonyl (C=O) groups excluding carboxylic acids is 4. The van der Waals surface area contributed by atoms with Crippen LogP contribution in [0.5, 0.6) is 0 Å². The minimum Gasteiger partial charge on any atom is -0.381 e. The second kappa shape index (κ2) is 36.8. The lowest BCUT2D eigenvalue weighted by Crippen LogP contribution is -2.49. The maximum absolute atomic E-state index is 12.2. The van der Waals surface area contributed by atoms with Crippen LogP contribution in [0, 0.1) is 35.5 Å². The van der Waals surface area contributed by atoms with Gasteiger partial charge in [0.2, 0.25) is 23.6 Å². The Morgan fingerprint density at radius 3 is 1.19 bits per heavy atom. The number of rotatable bonds is 24. The number of terminal acetylenes is 1. The van der Waals surface area contributed by atoms with Gasteiger partial charge >= 0.3 is 0 Å². The molecule has 8 N–H and O–H groups in total. The Labute approximate surface area is 663 Å². The molecular formula is C86H116N20O7. The number of piperidine rings is 4. The van der Waals surface area contributed by atoms with Crippen LogP contribution < -0.4 is 21.3 Å². The molecule has 4 saturated heterocycles. The molecule has 8 aliphatic rings. The average molecular weight is 1540 g/mol. The van der Waals surface area contributed by atoms with Crippen molar-refractivity contribution in [1.82, 2.24) is 79.4 Å². The van der Waals surface area contributed by atoms with Gasteiger partial charge in [0.1, 0.15) is 77.8 Å². The van der Waals surface area contributed by atoms with Gasteiger partial charge in [0.15, 0.2) is 0 Å². The van der Waals surface area contributed by atoms with Crippen molar-refractivity contribution in [1.29, 1.82) is 0 Å². The molecule has 0 radical (unpaired) electrons. The lowest BCUT2D eigenvalue weighted by atomic mass is 9.78. The van der Waals surface area contributed by atoms with Gasteiger partial charge in [0.25, 0.3) is 0 Å². The minimum atomic E-state index is -0.0213. The molecule has 27 heteroatoms. The Hall–Kier alpha value is -10.0.